The number of carbonyl (C=O) groups excluding carboxylic acids is 2. The predicted octanol–water partition coefficient (Wildman–Crippen LogP) is 6.76. The van der Waals surface area contributed by atoms with Crippen LogP contribution in [-0.4, -0.2) is 18.4 Å². The second kappa shape index (κ2) is 12.9. The average molecular weight is 488 g/mol. The molecule has 0 radical (unpaired) electrons. The number of hydrogen-bond acceptors (Lipinski definition) is 4. The van der Waals surface area contributed by atoms with E-state index in [0.29, 0.717) is 30.2 Å². The molecule has 1 amide bonds. The molecule has 0 saturated carbocycles. The summed E-state index contributed by atoms with van der Waals surface area (Å²) in [5.41, 5.74) is 4.88. The van der Waals surface area contributed by atoms with E-state index >= 15 is 0 Å². The Balaban J connectivity index is 1.51. The van der Waals surface area contributed by atoms with Gasteiger partial charge in [0.2, 0.25) is 0 Å². The maximum absolute atomic E-state index is 12.7. The van der Waals surface area contributed by atoms with E-state index in [1.807, 2.05) is 45.0 Å². The van der Waals surface area contributed by atoms with Crippen LogP contribution in [0.25, 0.3) is 0 Å². The number of para-hydroxylation sites is 1. The minimum Gasteiger partial charge on any atom is -0.486 e. The molecule has 0 bridgehead atoms. The van der Waals surface area contributed by atoms with Crippen molar-refractivity contribution in [3.05, 3.63) is 94.5 Å². The molecular weight excluding hydrogens is 450 g/mol. The van der Waals surface area contributed by atoms with Crippen LogP contribution in [0, 0.1) is 19.8 Å². The maximum Gasteiger partial charge on any atom is 0.311 e. The Labute approximate surface area is 214 Å². The van der Waals surface area contributed by atoms with E-state index in [1.54, 1.807) is 18.2 Å². The van der Waals surface area contributed by atoms with Crippen LogP contribution in [0.4, 0.5) is 0 Å². The molecule has 1 atom stereocenters. The van der Waals surface area contributed by atoms with Gasteiger partial charge in [0, 0.05) is 18.5 Å². The van der Waals surface area contributed by atoms with Gasteiger partial charge in [-0.05, 0) is 86.1 Å². The highest BCUT2D eigenvalue weighted by atomic mass is 16.5. The second-order valence-electron chi connectivity index (χ2n) is 9.61. The monoisotopic (exact) mass is 487 g/mol. The van der Waals surface area contributed by atoms with Crippen molar-refractivity contribution in [3.8, 4) is 11.5 Å². The SMILES string of the molecule is Cc1c(OC(C)c2ccc(CC(C)C)cc2)ccc(C(=O)NCCCC(=O)Oc2ccccc2)c1C. The van der Waals surface area contributed by atoms with Crippen LogP contribution in [0.2, 0.25) is 0 Å². The second-order valence-corrected chi connectivity index (χ2v) is 9.61. The molecule has 1 unspecified atom stereocenters. The van der Waals surface area contributed by atoms with Gasteiger partial charge in [-0.1, -0.05) is 56.3 Å². The standard InChI is InChI=1S/C31H37NO4/c1-21(2)20-25-13-15-26(16-14-25)24(5)35-29-18-17-28(22(3)23(29)4)31(34)32-19-9-12-30(33)36-27-10-7-6-8-11-27/h6-8,10-11,13-18,21,24H,9,12,19-20H2,1-5H3,(H,32,34). The van der Waals surface area contributed by atoms with Crippen molar-refractivity contribution < 1.29 is 19.1 Å². The summed E-state index contributed by atoms with van der Waals surface area (Å²) in [4.78, 5) is 24.7. The summed E-state index contributed by atoms with van der Waals surface area (Å²) < 4.78 is 11.5. The molecule has 0 spiro atoms. The maximum atomic E-state index is 12.7. The Morgan fingerprint density at radius 2 is 1.56 bits per heavy atom. The van der Waals surface area contributed by atoms with Crippen LogP contribution in [0.5, 0.6) is 11.5 Å². The molecule has 1 N–H and O–H groups in total. The molecule has 36 heavy (non-hydrogen) atoms. The lowest BCUT2D eigenvalue weighted by Crippen LogP contribution is -2.26. The molecular formula is C31H37NO4. The van der Waals surface area contributed by atoms with Gasteiger partial charge in [0.1, 0.15) is 17.6 Å². The third-order valence-electron chi connectivity index (χ3n) is 6.20. The van der Waals surface area contributed by atoms with E-state index in [9.17, 15) is 9.59 Å². The zero-order chi connectivity index (χ0) is 26.1. The first kappa shape index (κ1) is 27.0. The van der Waals surface area contributed by atoms with Crippen molar-refractivity contribution in [3.63, 3.8) is 0 Å². The molecule has 3 aromatic carbocycles. The number of amides is 1. The largest absolute Gasteiger partial charge is 0.486 e. The van der Waals surface area contributed by atoms with Crippen molar-refractivity contribution >= 4 is 11.9 Å². The zero-order valence-corrected chi connectivity index (χ0v) is 22.0. The van der Waals surface area contributed by atoms with Gasteiger partial charge in [0.15, 0.2) is 0 Å². The van der Waals surface area contributed by atoms with Gasteiger partial charge < -0.3 is 14.8 Å². The number of ether oxygens (including phenoxy) is 2. The Kier molecular flexibility index (Phi) is 9.69. The molecule has 0 aliphatic carbocycles. The van der Waals surface area contributed by atoms with E-state index in [0.717, 1.165) is 28.9 Å². The molecule has 0 aliphatic heterocycles. The van der Waals surface area contributed by atoms with Crippen LogP contribution in [0.1, 0.15) is 72.3 Å². The molecule has 3 aromatic rings. The number of rotatable bonds is 11. The highest BCUT2D eigenvalue weighted by Crippen LogP contribution is 2.29. The fourth-order valence-corrected chi connectivity index (χ4v) is 4.02. The van der Waals surface area contributed by atoms with Crippen LogP contribution in [-0.2, 0) is 11.2 Å². The van der Waals surface area contributed by atoms with E-state index in [-0.39, 0.29) is 24.4 Å². The van der Waals surface area contributed by atoms with Crippen LogP contribution in [0.15, 0.2) is 66.7 Å². The zero-order valence-electron chi connectivity index (χ0n) is 22.0. The van der Waals surface area contributed by atoms with Crippen molar-refractivity contribution in [1.82, 2.24) is 5.32 Å². The number of esters is 1. The van der Waals surface area contributed by atoms with Crippen molar-refractivity contribution in [2.75, 3.05) is 6.54 Å². The summed E-state index contributed by atoms with van der Waals surface area (Å²) in [6.45, 7) is 10.8. The Hall–Kier alpha value is -3.60. The van der Waals surface area contributed by atoms with Gasteiger partial charge in [-0.25, -0.2) is 0 Å². The highest BCUT2D eigenvalue weighted by molar-refractivity contribution is 5.96. The first-order valence-corrected chi connectivity index (χ1v) is 12.6. The van der Waals surface area contributed by atoms with Gasteiger partial charge in [-0.15, -0.1) is 0 Å². The summed E-state index contributed by atoms with van der Waals surface area (Å²) in [6.07, 6.45) is 1.70. The van der Waals surface area contributed by atoms with Crippen LogP contribution < -0.4 is 14.8 Å². The topological polar surface area (TPSA) is 64.6 Å². The molecule has 0 aliphatic rings. The fourth-order valence-electron chi connectivity index (χ4n) is 4.02. The van der Waals surface area contributed by atoms with E-state index in [2.05, 4.69) is 43.4 Å². The molecule has 5 nitrogen and oxygen atoms in total. The Morgan fingerprint density at radius 3 is 2.22 bits per heavy atom. The minimum absolute atomic E-state index is 0.105. The van der Waals surface area contributed by atoms with Gasteiger partial charge in [0.05, 0.1) is 0 Å². The number of benzene rings is 3. The van der Waals surface area contributed by atoms with E-state index < -0.39 is 0 Å². The van der Waals surface area contributed by atoms with E-state index in [1.165, 1.54) is 5.56 Å². The fraction of sp³-hybridized carbons (Fsp3) is 0.355. The Bertz CT molecular complexity index is 1150. The van der Waals surface area contributed by atoms with Crippen molar-refractivity contribution in [2.45, 2.75) is 60.0 Å². The summed E-state index contributed by atoms with van der Waals surface area (Å²) in [6, 6.07) is 21.2. The molecule has 0 aromatic heterocycles. The van der Waals surface area contributed by atoms with Crippen LogP contribution >= 0.6 is 0 Å². The number of carbonyl (C=O) groups is 2. The third kappa shape index (κ3) is 7.70. The van der Waals surface area contributed by atoms with Gasteiger partial charge in [0.25, 0.3) is 5.91 Å². The van der Waals surface area contributed by atoms with E-state index in [4.69, 9.17) is 9.47 Å². The normalized spacial score (nSPS) is 11.7. The highest BCUT2D eigenvalue weighted by Gasteiger charge is 2.16. The van der Waals surface area contributed by atoms with Gasteiger partial charge in [-0.2, -0.15) is 0 Å². The van der Waals surface area contributed by atoms with Crippen LogP contribution in [0.3, 0.4) is 0 Å². The summed E-state index contributed by atoms with van der Waals surface area (Å²) in [5.74, 6) is 1.45. The molecule has 0 saturated heterocycles. The number of nitrogens with one attached hydrogen (secondary N) is 1. The molecule has 0 heterocycles. The van der Waals surface area contributed by atoms with Crippen molar-refractivity contribution in [1.29, 1.82) is 0 Å². The quantitative estimate of drug-likeness (QED) is 0.184. The lowest BCUT2D eigenvalue weighted by Gasteiger charge is -2.19. The van der Waals surface area contributed by atoms with Gasteiger partial charge in [-0.3, -0.25) is 9.59 Å². The lowest BCUT2D eigenvalue weighted by atomic mass is 10.00. The predicted molar refractivity (Wildman–Crippen MR) is 144 cm³/mol. The van der Waals surface area contributed by atoms with Crippen molar-refractivity contribution in [2.24, 2.45) is 5.92 Å². The molecule has 190 valence electrons. The van der Waals surface area contributed by atoms with Gasteiger partial charge >= 0.3 is 5.97 Å². The molecule has 3 rings (SSSR count). The number of hydrogen-bond donors (Lipinski definition) is 1. The summed E-state index contributed by atoms with van der Waals surface area (Å²) in [7, 11) is 0. The third-order valence-corrected chi connectivity index (χ3v) is 6.20. The smallest absolute Gasteiger partial charge is 0.311 e. The molecule has 5 heteroatoms. The minimum atomic E-state index is -0.312. The molecule has 0 fully saturated rings. The first-order valence-electron chi connectivity index (χ1n) is 12.6. The summed E-state index contributed by atoms with van der Waals surface area (Å²) >= 11 is 0. The summed E-state index contributed by atoms with van der Waals surface area (Å²) in [5, 5.41) is 2.90. The first-order chi connectivity index (χ1) is 17.2. The Morgan fingerprint density at radius 1 is 0.861 bits per heavy atom. The lowest BCUT2D eigenvalue weighted by molar-refractivity contribution is -0.134. The average Bonchev–Trinajstić information content (AvgIpc) is 2.85.